The van der Waals surface area contributed by atoms with Crippen LogP contribution in [-0.4, -0.2) is 53.5 Å². The summed E-state index contributed by atoms with van der Waals surface area (Å²) in [5.74, 6) is 0.488. The minimum atomic E-state index is -0.508. The molecule has 2 aromatic carbocycles. The smallest absolute Gasteiger partial charge is 0.416 e. The third-order valence-corrected chi connectivity index (χ3v) is 5.91. The quantitative estimate of drug-likeness (QED) is 0.277. The van der Waals surface area contributed by atoms with Crippen molar-refractivity contribution in [2.75, 3.05) is 13.2 Å². The number of hydrogen-bond acceptors (Lipinski definition) is 6. The minimum Gasteiger partial charge on any atom is -0.447 e. The monoisotopic (exact) mass is 624 g/mol. The molecule has 41 heavy (non-hydrogen) atoms. The summed E-state index contributed by atoms with van der Waals surface area (Å²) in [6, 6.07) is 19.8. The van der Waals surface area contributed by atoms with Gasteiger partial charge in [-0.3, -0.25) is 9.59 Å². The Bertz CT molecular complexity index is 1070. The van der Waals surface area contributed by atoms with E-state index in [0.29, 0.717) is 31.8 Å². The van der Waals surface area contributed by atoms with Crippen LogP contribution in [0.1, 0.15) is 51.7 Å². The fourth-order valence-corrected chi connectivity index (χ4v) is 4.31. The van der Waals surface area contributed by atoms with Gasteiger partial charge >= 0.3 is 12.2 Å². The molecule has 0 aromatic heterocycles. The van der Waals surface area contributed by atoms with Gasteiger partial charge in [-0.1, -0.05) is 88.4 Å². The maximum atomic E-state index is 12.1. The Kier molecular flexibility index (Phi) is 18.8. The molecule has 0 spiro atoms. The van der Waals surface area contributed by atoms with E-state index in [0.717, 1.165) is 12.0 Å². The first-order chi connectivity index (χ1) is 18.5. The molecule has 8 nitrogen and oxygen atoms in total. The van der Waals surface area contributed by atoms with E-state index >= 15 is 0 Å². The van der Waals surface area contributed by atoms with Gasteiger partial charge in [0, 0.05) is 31.4 Å². The van der Waals surface area contributed by atoms with Crippen molar-refractivity contribution in [3.63, 3.8) is 0 Å². The normalized spacial score (nSPS) is 17.0. The zero-order valence-electron chi connectivity index (χ0n) is 24.5. The number of ether oxygens (including phenoxy) is 2. The van der Waals surface area contributed by atoms with Crippen molar-refractivity contribution < 1.29 is 47.2 Å². The van der Waals surface area contributed by atoms with Gasteiger partial charge in [-0.2, -0.15) is 0 Å². The van der Waals surface area contributed by atoms with Crippen LogP contribution in [0, 0.1) is 19.3 Å². The minimum absolute atomic E-state index is 0. The van der Waals surface area contributed by atoms with Crippen molar-refractivity contribution in [3.05, 3.63) is 79.2 Å². The predicted molar refractivity (Wildman–Crippen MR) is 157 cm³/mol. The molecule has 10 heteroatoms. The summed E-state index contributed by atoms with van der Waals surface area (Å²) >= 11 is 5.03. The second kappa shape index (κ2) is 20.1. The van der Waals surface area contributed by atoms with Crippen LogP contribution < -0.4 is 5.32 Å². The summed E-state index contributed by atoms with van der Waals surface area (Å²) in [6.45, 7) is 8.61. The average Bonchev–Trinajstić information content (AvgIpc) is 3.44. The fraction of sp³-hybridized carbons (Fsp3) is 0.452. The Labute approximate surface area is 261 Å². The third-order valence-electron chi connectivity index (χ3n) is 5.76. The number of benzene rings is 2. The number of halogens is 1. The number of carbonyl (C=O) groups excluding carboxylic acids is 4. The van der Waals surface area contributed by atoms with Crippen molar-refractivity contribution >= 4 is 34.9 Å². The summed E-state index contributed by atoms with van der Waals surface area (Å²) < 4.78 is 9.81. The molecule has 225 valence electrons. The van der Waals surface area contributed by atoms with Gasteiger partial charge in [-0.25, -0.2) is 14.5 Å². The van der Waals surface area contributed by atoms with Crippen LogP contribution in [0.3, 0.4) is 0 Å². The van der Waals surface area contributed by atoms with E-state index in [-0.39, 0.29) is 67.8 Å². The Hall–Kier alpha value is -2.81. The van der Waals surface area contributed by atoms with E-state index in [1.165, 1.54) is 10.5 Å². The molecule has 2 atom stereocenters. The summed E-state index contributed by atoms with van der Waals surface area (Å²) in [7, 11) is 0. The number of cyclic esters (lactones) is 2. The molecule has 4 rings (SSSR count). The first-order valence-corrected chi connectivity index (χ1v) is 13.6. The Morgan fingerprint density at radius 3 is 1.78 bits per heavy atom. The van der Waals surface area contributed by atoms with Gasteiger partial charge in [0.15, 0.2) is 0 Å². The second-order valence-electron chi connectivity index (χ2n) is 10.4. The van der Waals surface area contributed by atoms with Crippen LogP contribution in [0.5, 0.6) is 0 Å². The standard InChI is InChI=1S/C15H19NO3.C10H11NO2.C5H9ClO.CH3.V/c1-11(2)8-14(17)16-13(10-19-15(16)18)9-12-6-4-3-5-7-12;12-10-11-9(7-13-10)6-8-4-2-1-3-5-8;1-4(2)3-5(6)7;;/h3-7,11,13H,8-10H2,1-2H3;1-5,9H,6-7H2,(H,11,12);4H,3H2,1-2H3;1H3;/q;;;-1;/t13-;9-;;;/m00.../s1. The van der Waals surface area contributed by atoms with Gasteiger partial charge in [0.05, 0.1) is 12.1 Å². The van der Waals surface area contributed by atoms with Crippen molar-refractivity contribution in [2.45, 2.75) is 65.5 Å². The molecule has 2 aliphatic heterocycles. The van der Waals surface area contributed by atoms with Crippen molar-refractivity contribution in [3.8, 4) is 0 Å². The molecule has 3 amide bonds. The van der Waals surface area contributed by atoms with Gasteiger partial charge < -0.3 is 22.2 Å². The number of rotatable bonds is 8. The molecule has 0 unspecified atom stereocenters. The van der Waals surface area contributed by atoms with Crippen LogP contribution in [0.25, 0.3) is 0 Å². The molecule has 2 saturated heterocycles. The van der Waals surface area contributed by atoms with E-state index in [1.54, 1.807) is 0 Å². The average molecular weight is 625 g/mol. The molecular formula is C31H42ClN2O6V-. The summed E-state index contributed by atoms with van der Waals surface area (Å²) in [6.07, 6.45) is 1.54. The van der Waals surface area contributed by atoms with E-state index in [9.17, 15) is 19.2 Å². The third kappa shape index (κ3) is 15.1. The van der Waals surface area contributed by atoms with Crippen LogP contribution in [-0.2, 0) is 50.5 Å². The van der Waals surface area contributed by atoms with Crippen LogP contribution in [0.4, 0.5) is 9.59 Å². The topological polar surface area (TPSA) is 102 Å². The van der Waals surface area contributed by atoms with Gasteiger partial charge in [-0.05, 0) is 47.4 Å². The first kappa shape index (κ1) is 38.2. The number of carbonyl (C=O) groups is 4. The molecular weight excluding hydrogens is 583 g/mol. The molecule has 0 saturated carbocycles. The molecule has 0 bridgehead atoms. The molecule has 1 N–H and O–H groups in total. The van der Waals surface area contributed by atoms with Gasteiger partial charge in [0.2, 0.25) is 11.1 Å². The largest absolute Gasteiger partial charge is 0.447 e. The Balaban J connectivity index is 0.000000634. The second-order valence-corrected chi connectivity index (χ2v) is 10.8. The number of imide groups is 1. The summed E-state index contributed by atoms with van der Waals surface area (Å²) in [5, 5.41) is 2.50. The van der Waals surface area contributed by atoms with Crippen molar-refractivity contribution in [1.82, 2.24) is 10.2 Å². The van der Waals surface area contributed by atoms with E-state index < -0.39 is 6.09 Å². The van der Waals surface area contributed by atoms with E-state index in [4.69, 9.17) is 21.1 Å². The number of nitrogens with one attached hydrogen (secondary N) is 1. The number of hydrogen-bond donors (Lipinski definition) is 1. The molecule has 1 radical (unpaired) electrons. The molecule has 2 heterocycles. The Morgan fingerprint density at radius 1 is 0.854 bits per heavy atom. The van der Waals surface area contributed by atoms with Gasteiger partial charge in [-0.15, -0.1) is 0 Å². The zero-order valence-corrected chi connectivity index (χ0v) is 26.7. The Morgan fingerprint density at radius 2 is 1.37 bits per heavy atom. The van der Waals surface area contributed by atoms with Crippen LogP contribution in [0.2, 0.25) is 0 Å². The fourth-order valence-electron chi connectivity index (χ4n) is 4.01. The van der Waals surface area contributed by atoms with Gasteiger partial charge in [0.25, 0.3) is 0 Å². The SMILES string of the molecule is CC(C)CC(=O)Cl.CC(C)CC(=O)N1C(=O)OC[C@@H]1Cc1ccccc1.O=C1N[C@@H](Cc2ccccc2)CO1.[CH3-].[V]. The van der Waals surface area contributed by atoms with E-state index in [1.807, 2.05) is 88.4 Å². The van der Waals surface area contributed by atoms with Crippen LogP contribution >= 0.6 is 11.6 Å². The van der Waals surface area contributed by atoms with Crippen molar-refractivity contribution in [1.29, 1.82) is 0 Å². The van der Waals surface area contributed by atoms with Crippen LogP contribution in [0.15, 0.2) is 60.7 Å². The first-order valence-electron chi connectivity index (χ1n) is 13.2. The maximum absolute atomic E-state index is 12.1. The molecule has 2 aromatic rings. The number of alkyl carbamates (subject to hydrolysis) is 1. The summed E-state index contributed by atoms with van der Waals surface area (Å²) in [5.41, 5.74) is 2.33. The molecule has 2 fully saturated rings. The maximum Gasteiger partial charge on any atom is 0.416 e. The van der Waals surface area contributed by atoms with E-state index in [2.05, 4.69) is 5.32 Å². The van der Waals surface area contributed by atoms with Crippen molar-refractivity contribution in [2.24, 2.45) is 11.8 Å². The van der Waals surface area contributed by atoms with Gasteiger partial charge in [0.1, 0.15) is 13.2 Å². The summed E-state index contributed by atoms with van der Waals surface area (Å²) in [4.78, 5) is 45.8. The predicted octanol–water partition coefficient (Wildman–Crippen LogP) is 6.21. The molecule has 0 aliphatic carbocycles. The molecule has 2 aliphatic rings. The zero-order chi connectivity index (χ0) is 28.8. The number of nitrogens with zero attached hydrogens (tertiary/aromatic N) is 1. The number of amides is 3.